The quantitative estimate of drug-likeness (QED) is 0.253. The van der Waals surface area contributed by atoms with Gasteiger partial charge in [0, 0.05) is 23.4 Å². The maximum atomic E-state index is 12.6. The van der Waals surface area contributed by atoms with E-state index in [4.69, 9.17) is 13.9 Å². The number of ether oxygens (including phenoxy) is 2. The molecule has 0 unspecified atom stereocenters. The number of carbonyl (C=O) groups is 1. The Bertz CT molecular complexity index is 1320. The van der Waals surface area contributed by atoms with Gasteiger partial charge in [-0.3, -0.25) is 4.79 Å². The summed E-state index contributed by atoms with van der Waals surface area (Å²) in [6.45, 7) is 4.34. The number of esters is 1. The Hall–Kier alpha value is -3.86. The molecule has 5 nitrogen and oxygen atoms in total. The predicted octanol–water partition coefficient (Wildman–Crippen LogP) is 5.84. The minimum absolute atomic E-state index is 0.146. The van der Waals surface area contributed by atoms with E-state index in [1.807, 2.05) is 55.5 Å². The van der Waals surface area contributed by atoms with Crippen molar-refractivity contribution in [3.63, 3.8) is 0 Å². The van der Waals surface area contributed by atoms with Crippen LogP contribution in [0.4, 0.5) is 0 Å². The van der Waals surface area contributed by atoms with Gasteiger partial charge in [-0.2, -0.15) is 0 Å². The molecule has 0 radical (unpaired) electrons. The van der Waals surface area contributed by atoms with Gasteiger partial charge >= 0.3 is 11.6 Å². The van der Waals surface area contributed by atoms with E-state index in [1.54, 1.807) is 13.0 Å². The van der Waals surface area contributed by atoms with Crippen molar-refractivity contribution in [2.75, 3.05) is 6.61 Å². The Balaban J connectivity index is 1.55. The molecule has 0 saturated heterocycles. The van der Waals surface area contributed by atoms with E-state index in [2.05, 4.69) is 18.2 Å². The Morgan fingerprint density at radius 3 is 2.52 bits per heavy atom. The number of hydrogen-bond acceptors (Lipinski definition) is 5. The molecule has 4 rings (SSSR count). The van der Waals surface area contributed by atoms with Gasteiger partial charge in [-0.25, -0.2) is 4.79 Å². The van der Waals surface area contributed by atoms with Gasteiger partial charge in [-0.1, -0.05) is 54.6 Å². The summed E-state index contributed by atoms with van der Waals surface area (Å²) in [5.74, 6) is 0.295. The van der Waals surface area contributed by atoms with Crippen LogP contribution in [0.25, 0.3) is 22.1 Å². The van der Waals surface area contributed by atoms with Gasteiger partial charge in [0.2, 0.25) is 0 Å². The lowest BCUT2D eigenvalue weighted by Gasteiger charge is -2.12. The summed E-state index contributed by atoms with van der Waals surface area (Å²) in [6.07, 6.45) is 0.435. The monoisotopic (exact) mass is 442 g/mol. The number of aryl methyl sites for hydroxylation is 1. The smallest absolute Gasteiger partial charge is 0.339 e. The topological polar surface area (TPSA) is 65.7 Å². The summed E-state index contributed by atoms with van der Waals surface area (Å²) in [6, 6.07) is 23.8. The van der Waals surface area contributed by atoms with E-state index in [0.29, 0.717) is 30.1 Å². The van der Waals surface area contributed by atoms with Gasteiger partial charge in [-0.05, 0) is 54.7 Å². The second-order valence-electron chi connectivity index (χ2n) is 7.77. The summed E-state index contributed by atoms with van der Waals surface area (Å²) in [5, 5.41) is 0.825. The fourth-order valence-electron chi connectivity index (χ4n) is 3.92. The zero-order valence-electron chi connectivity index (χ0n) is 18.8. The van der Waals surface area contributed by atoms with E-state index >= 15 is 0 Å². The molecule has 0 aliphatic carbocycles. The molecule has 1 heterocycles. The highest BCUT2D eigenvalue weighted by atomic mass is 16.5. The lowest BCUT2D eigenvalue weighted by Crippen LogP contribution is -2.13. The lowest BCUT2D eigenvalue weighted by atomic mass is 10.0. The minimum Gasteiger partial charge on any atom is -0.489 e. The van der Waals surface area contributed by atoms with E-state index in [0.717, 1.165) is 27.6 Å². The summed E-state index contributed by atoms with van der Waals surface area (Å²) >= 11 is 0. The molecule has 5 heteroatoms. The largest absolute Gasteiger partial charge is 0.489 e. The highest BCUT2D eigenvalue weighted by Gasteiger charge is 2.14. The first kappa shape index (κ1) is 22.3. The molecule has 0 N–H and O–H groups in total. The van der Waals surface area contributed by atoms with Crippen LogP contribution in [-0.4, -0.2) is 12.6 Å². The van der Waals surface area contributed by atoms with Gasteiger partial charge in [0.1, 0.15) is 17.9 Å². The fourth-order valence-corrected chi connectivity index (χ4v) is 3.92. The van der Waals surface area contributed by atoms with Crippen molar-refractivity contribution >= 4 is 16.9 Å². The van der Waals surface area contributed by atoms with Crippen LogP contribution < -0.4 is 10.4 Å². The third-order valence-electron chi connectivity index (χ3n) is 5.64. The number of benzene rings is 3. The lowest BCUT2D eigenvalue weighted by molar-refractivity contribution is -0.143. The van der Waals surface area contributed by atoms with Gasteiger partial charge in [0.25, 0.3) is 0 Å². The van der Waals surface area contributed by atoms with Crippen LogP contribution in [0.1, 0.15) is 30.0 Å². The Morgan fingerprint density at radius 2 is 1.73 bits per heavy atom. The molecule has 0 fully saturated rings. The van der Waals surface area contributed by atoms with Crippen LogP contribution >= 0.6 is 0 Å². The first-order valence-corrected chi connectivity index (χ1v) is 11.0. The molecule has 33 heavy (non-hydrogen) atoms. The van der Waals surface area contributed by atoms with Crippen molar-refractivity contribution in [1.29, 1.82) is 0 Å². The van der Waals surface area contributed by atoms with Crippen LogP contribution in [0, 0.1) is 6.92 Å². The molecule has 168 valence electrons. The standard InChI is InChI=1S/C28H26O5/c1-3-31-27(29)16-15-24-19(2)23-14-13-22(17-26(23)33-28(24)30)32-18-21-11-7-8-12-25(21)20-9-5-4-6-10-20/h4-14,17H,3,15-16,18H2,1-2H3. The third-order valence-corrected chi connectivity index (χ3v) is 5.64. The number of hydrogen-bond donors (Lipinski definition) is 0. The molecular formula is C28H26O5. The average Bonchev–Trinajstić information content (AvgIpc) is 2.83. The fraction of sp³-hybridized carbons (Fsp3) is 0.214. The van der Waals surface area contributed by atoms with E-state index in [9.17, 15) is 9.59 Å². The van der Waals surface area contributed by atoms with Crippen molar-refractivity contribution in [3.8, 4) is 16.9 Å². The zero-order valence-corrected chi connectivity index (χ0v) is 18.8. The van der Waals surface area contributed by atoms with Crippen molar-refractivity contribution < 1.29 is 18.7 Å². The molecule has 0 bridgehead atoms. The Morgan fingerprint density at radius 1 is 0.970 bits per heavy atom. The van der Waals surface area contributed by atoms with Crippen molar-refractivity contribution in [1.82, 2.24) is 0 Å². The molecule has 0 amide bonds. The van der Waals surface area contributed by atoms with Crippen LogP contribution in [-0.2, 0) is 22.6 Å². The van der Waals surface area contributed by atoms with E-state index in [1.165, 1.54) is 0 Å². The van der Waals surface area contributed by atoms with Crippen LogP contribution in [0.15, 0.2) is 82.0 Å². The third kappa shape index (κ3) is 5.14. The number of rotatable bonds is 8. The summed E-state index contributed by atoms with van der Waals surface area (Å²) in [4.78, 5) is 24.2. The van der Waals surface area contributed by atoms with Gasteiger partial charge in [-0.15, -0.1) is 0 Å². The number of fused-ring (bicyclic) bond motifs is 1. The van der Waals surface area contributed by atoms with Crippen molar-refractivity contribution in [2.24, 2.45) is 0 Å². The number of carbonyl (C=O) groups excluding carboxylic acids is 1. The van der Waals surface area contributed by atoms with E-state index in [-0.39, 0.29) is 18.8 Å². The predicted molar refractivity (Wildman–Crippen MR) is 128 cm³/mol. The normalized spacial score (nSPS) is 10.8. The highest BCUT2D eigenvalue weighted by Crippen LogP contribution is 2.27. The molecular weight excluding hydrogens is 416 g/mol. The maximum absolute atomic E-state index is 12.6. The van der Waals surface area contributed by atoms with Crippen LogP contribution in [0.2, 0.25) is 0 Å². The SMILES string of the molecule is CCOC(=O)CCc1c(C)c2ccc(OCc3ccccc3-c3ccccc3)cc2oc1=O. The Labute approximate surface area is 192 Å². The second kappa shape index (κ2) is 10.2. The second-order valence-corrected chi connectivity index (χ2v) is 7.77. The molecule has 3 aromatic carbocycles. The Kier molecular flexibility index (Phi) is 6.89. The van der Waals surface area contributed by atoms with Crippen molar-refractivity contribution in [2.45, 2.75) is 33.3 Å². The molecule has 4 aromatic rings. The zero-order chi connectivity index (χ0) is 23.2. The van der Waals surface area contributed by atoms with Gasteiger partial charge in [0.05, 0.1) is 6.61 Å². The van der Waals surface area contributed by atoms with Crippen molar-refractivity contribution in [3.05, 3.63) is 99.9 Å². The van der Waals surface area contributed by atoms with E-state index < -0.39 is 5.63 Å². The van der Waals surface area contributed by atoms with Gasteiger partial charge in [0.15, 0.2) is 0 Å². The maximum Gasteiger partial charge on any atom is 0.339 e. The minimum atomic E-state index is -0.434. The molecule has 0 atom stereocenters. The van der Waals surface area contributed by atoms with Gasteiger partial charge < -0.3 is 13.9 Å². The molecule has 0 aliphatic heterocycles. The molecule has 0 spiro atoms. The molecule has 1 aromatic heterocycles. The van der Waals surface area contributed by atoms with Crippen LogP contribution in [0.3, 0.4) is 0 Å². The first-order chi connectivity index (χ1) is 16.1. The molecule has 0 saturated carbocycles. The first-order valence-electron chi connectivity index (χ1n) is 11.0. The summed E-state index contributed by atoms with van der Waals surface area (Å²) < 4.78 is 16.6. The van der Waals surface area contributed by atoms with Crippen LogP contribution in [0.5, 0.6) is 5.75 Å². The summed E-state index contributed by atoms with van der Waals surface area (Å²) in [7, 11) is 0. The highest BCUT2D eigenvalue weighted by molar-refractivity contribution is 5.82. The average molecular weight is 443 g/mol. The molecule has 0 aliphatic rings. The summed E-state index contributed by atoms with van der Waals surface area (Å²) in [5.41, 5.74) is 4.66.